The number of likely N-dealkylation sites (tertiary alicyclic amines) is 1. The van der Waals surface area contributed by atoms with Crippen LogP contribution in [0.3, 0.4) is 0 Å². The molecule has 0 amide bonds. The van der Waals surface area contributed by atoms with Gasteiger partial charge in [0.2, 0.25) is 0 Å². The average Bonchev–Trinajstić information content (AvgIpc) is 2.31. The maximum absolute atomic E-state index is 12.0. The lowest BCUT2D eigenvalue weighted by Gasteiger charge is -2.30. The lowest BCUT2D eigenvalue weighted by molar-refractivity contribution is -0.0498. The predicted octanol–water partition coefficient (Wildman–Crippen LogP) is 2.79. The van der Waals surface area contributed by atoms with Gasteiger partial charge >= 0.3 is 6.61 Å². The van der Waals surface area contributed by atoms with Crippen LogP contribution in [0, 0.1) is 0 Å². The van der Waals surface area contributed by atoms with Crippen molar-refractivity contribution in [1.29, 1.82) is 0 Å². The van der Waals surface area contributed by atoms with E-state index in [0.717, 1.165) is 25.2 Å². The third kappa shape index (κ3) is 3.84. The Morgan fingerprint density at radius 1 is 1.33 bits per heavy atom. The zero-order valence-electron chi connectivity index (χ0n) is 10.4. The van der Waals surface area contributed by atoms with Gasteiger partial charge in [0, 0.05) is 18.3 Å². The minimum absolute atomic E-state index is 0.191. The number of nitrogens with one attached hydrogen (secondary N) is 1. The SMILES string of the molecule is CN1CCCC(Nc2ccc(OC(F)F)cc2)C1. The number of benzene rings is 1. The van der Waals surface area contributed by atoms with Gasteiger partial charge in [-0.3, -0.25) is 0 Å². The van der Waals surface area contributed by atoms with Gasteiger partial charge in [-0.25, -0.2) is 0 Å². The van der Waals surface area contributed by atoms with Gasteiger partial charge in [-0.1, -0.05) is 0 Å². The first kappa shape index (κ1) is 13.1. The summed E-state index contributed by atoms with van der Waals surface area (Å²) in [4.78, 5) is 2.29. The Kier molecular flexibility index (Phi) is 4.36. The van der Waals surface area contributed by atoms with Crippen LogP contribution in [0.15, 0.2) is 24.3 Å². The van der Waals surface area contributed by atoms with Gasteiger partial charge in [-0.2, -0.15) is 8.78 Å². The summed E-state index contributed by atoms with van der Waals surface area (Å²) in [6.45, 7) is -0.620. The molecule has 0 spiro atoms. The van der Waals surface area contributed by atoms with E-state index in [-0.39, 0.29) is 5.75 Å². The predicted molar refractivity (Wildman–Crippen MR) is 67.2 cm³/mol. The standard InChI is InChI=1S/C13H18F2N2O/c1-17-8-2-3-11(9-17)16-10-4-6-12(7-5-10)18-13(14)15/h4-7,11,13,16H,2-3,8-9H2,1H3. The normalized spacial score (nSPS) is 21.0. The molecular formula is C13H18F2N2O. The molecule has 1 fully saturated rings. The number of ether oxygens (including phenoxy) is 1. The molecule has 1 saturated heterocycles. The van der Waals surface area contributed by atoms with Crippen LogP contribution in [0.1, 0.15) is 12.8 Å². The fraction of sp³-hybridized carbons (Fsp3) is 0.538. The van der Waals surface area contributed by atoms with Crippen molar-refractivity contribution < 1.29 is 13.5 Å². The second kappa shape index (κ2) is 6.00. The van der Waals surface area contributed by atoms with E-state index in [4.69, 9.17) is 0 Å². The molecule has 0 saturated carbocycles. The summed E-state index contributed by atoms with van der Waals surface area (Å²) in [5, 5.41) is 3.41. The van der Waals surface area contributed by atoms with Crippen molar-refractivity contribution in [2.24, 2.45) is 0 Å². The lowest BCUT2D eigenvalue weighted by atomic mass is 10.1. The van der Waals surface area contributed by atoms with Gasteiger partial charge in [0.25, 0.3) is 0 Å². The molecule has 1 aliphatic heterocycles. The highest BCUT2D eigenvalue weighted by Gasteiger charge is 2.16. The second-order valence-electron chi connectivity index (χ2n) is 4.65. The minimum Gasteiger partial charge on any atom is -0.435 e. The molecule has 5 heteroatoms. The first-order chi connectivity index (χ1) is 8.63. The van der Waals surface area contributed by atoms with Gasteiger partial charge in [0.1, 0.15) is 5.75 Å². The number of halogens is 2. The number of alkyl halides is 2. The molecule has 1 aromatic carbocycles. The van der Waals surface area contributed by atoms with Crippen molar-refractivity contribution in [3.05, 3.63) is 24.3 Å². The van der Waals surface area contributed by atoms with Crippen molar-refractivity contribution >= 4 is 5.69 Å². The molecule has 0 bridgehead atoms. The average molecular weight is 256 g/mol. The summed E-state index contributed by atoms with van der Waals surface area (Å²) in [7, 11) is 2.10. The number of hydrogen-bond acceptors (Lipinski definition) is 3. The van der Waals surface area contributed by atoms with Crippen LogP contribution < -0.4 is 10.1 Å². The molecule has 1 heterocycles. The summed E-state index contributed by atoms with van der Waals surface area (Å²) in [6.07, 6.45) is 2.32. The maximum Gasteiger partial charge on any atom is 0.387 e. The van der Waals surface area contributed by atoms with Crippen molar-refractivity contribution in [2.45, 2.75) is 25.5 Å². The van der Waals surface area contributed by atoms with E-state index < -0.39 is 6.61 Å². The first-order valence-electron chi connectivity index (χ1n) is 6.13. The molecule has 1 N–H and O–H groups in total. The van der Waals surface area contributed by atoms with Crippen molar-refractivity contribution in [3.8, 4) is 5.75 Å². The van der Waals surface area contributed by atoms with Gasteiger partial charge in [0.15, 0.2) is 0 Å². The fourth-order valence-corrected chi connectivity index (χ4v) is 2.25. The molecule has 2 rings (SSSR count). The Bertz CT molecular complexity index is 370. The summed E-state index contributed by atoms with van der Waals surface area (Å²) >= 11 is 0. The molecule has 0 aromatic heterocycles. The Morgan fingerprint density at radius 3 is 2.67 bits per heavy atom. The summed E-state index contributed by atoms with van der Waals surface area (Å²) in [5.41, 5.74) is 0.942. The number of nitrogens with zero attached hydrogens (tertiary/aromatic N) is 1. The maximum atomic E-state index is 12.0. The minimum atomic E-state index is -2.77. The Labute approximate surface area is 106 Å². The number of rotatable bonds is 4. The van der Waals surface area contributed by atoms with Crippen LogP contribution >= 0.6 is 0 Å². The summed E-state index contributed by atoms with van der Waals surface area (Å²) < 4.78 is 28.3. The molecule has 3 nitrogen and oxygen atoms in total. The zero-order chi connectivity index (χ0) is 13.0. The van der Waals surface area contributed by atoms with Crippen LogP contribution in [0.2, 0.25) is 0 Å². The zero-order valence-corrected chi connectivity index (χ0v) is 10.4. The Morgan fingerprint density at radius 2 is 2.06 bits per heavy atom. The number of likely N-dealkylation sites (N-methyl/N-ethyl adjacent to an activating group) is 1. The first-order valence-corrected chi connectivity index (χ1v) is 6.13. The molecular weight excluding hydrogens is 238 g/mol. The van der Waals surface area contributed by atoms with Gasteiger partial charge in [0.05, 0.1) is 0 Å². The van der Waals surface area contributed by atoms with Crippen LogP contribution in [-0.4, -0.2) is 37.7 Å². The summed E-state index contributed by atoms with van der Waals surface area (Å²) in [6, 6.07) is 7.08. The van der Waals surface area contributed by atoms with E-state index in [1.807, 2.05) is 0 Å². The molecule has 1 unspecified atom stereocenters. The number of piperidine rings is 1. The van der Waals surface area contributed by atoms with E-state index in [9.17, 15) is 8.78 Å². The van der Waals surface area contributed by atoms with Gasteiger partial charge in [-0.05, 0) is 50.7 Å². The molecule has 0 radical (unpaired) electrons. The lowest BCUT2D eigenvalue weighted by Crippen LogP contribution is -2.39. The van der Waals surface area contributed by atoms with Crippen LogP contribution in [0.25, 0.3) is 0 Å². The molecule has 1 atom stereocenters. The van der Waals surface area contributed by atoms with Crippen molar-refractivity contribution in [2.75, 3.05) is 25.5 Å². The van der Waals surface area contributed by atoms with Gasteiger partial charge < -0.3 is 15.0 Å². The highest BCUT2D eigenvalue weighted by molar-refractivity contribution is 5.47. The quantitative estimate of drug-likeness (QED) is 0.896. The largest absolute Gasteiger partial charge is 0.435 e. The molecule has 0 aliphatic carbocycles. The molecule has 1 aliphatic rings. The van der Waals surface area contributed by atoms with E-state index in [1.165, 1.54) is 6.42 Å². The van der Waals surface area contributed by atoms with Crippen LogP contribution in [0.5, 0.6) is 5.75 Å². The monoisotopic (exact) mass is 256 g/mol. The van der Waals surface area contributed by atoms with E-state index in [0.29, 0.717) is 6.04 Å². The fourth-order valence-electron chi connectivity index (χ4n) is 2.25. The highest BCUT2D eigenvalue weighted by atomic mass is 19.3. The Balaban J connectivity index is 1.89. The second-order valence-corrected chi connectivity index (χ2v) is 4.65. The number of anilines is 1. The van der Waals surface area contributed by atoms with Gasteiger partial charge in [-0.15, -0.1) is 0 Å². The van der Waals surface area contributed by atoms with E-state index >= 15 is 0 Å². The summed E-state index contributed by atoms with van der Waals surface area (Å²) in [5.74, 6) is 0.191. The molecule has 1 aromatic rings. The smallest absolute Gasteiger partial charge is 0.387 e. The number of hydrogen-bond donors (Lipinski definition) is 1. The van der Waals surface area contributed by atoms with E-state index in [2.05, 4.69) is 22.0 Å². The third-order valence-corrected chi connectivity index (χ3v) is 3.07. The third-order valence-electron chi connectivity index (χ3n) is 3.07. The molecule has 100 valence electrons. The van der Waals surface area contributed by atoms with Crippen LogP contribution in [0.4, 0.5) is 14.5 Å². The van der Waals surface area contributed by atoms with Crippen LogP contribution in [-0.2, 0) is 0 Å². The van der Waals surface area contributed by atoms with E-state index in [1.54, 1.807) is 24.3 Å². The Hall–Kier alpha value is -1.36. The van der Waals surface area contributed by atoms with Crippen molar-refractivity contribution in [1.82, 2.24) is 4.90 Å². The highest BCUT2D eigenvalue weighted by Crippen LogP contribution is 2.20. The molecule has 18 heavy (non-hydrogen) atoms. The topological polar surface area (TPSA) is 24.5 Å². The van der Waals surface area contributed by atoms with Crippen molar-refractivity contribution in [3.63, 3.8) is 0 Å².